The highest BCUT2D eigenvalue weighted by atomic mass is 32.2. The van der Waals surface area contributed by atoms with E-state index < -0.39 is 5.82 Å². The summed E-state index contributed by atoms with van der Waals surface area (Å²) >= 11 is 1.13. The first-order valence-electron chi connectivity index (χ1n) is 9.93. The van der Waals surface area contributed by atoms with E-state index in [0.29, 0.717) is 34.7 Å². The Hall–Kier alpha value is -3.52. The molecule has 1 N–H and O–H groups in total. The number of rotatable bonds is 7. The van der Waals surface area contributed by atoms with Crippen LogP contribution < -0.4 is 10.9 Å². The van der Waals surface area contributed by atoms with Gasteiger partial charge in [0.25, 0.3) is 5.56 Å². The van der Waals surface area contributed by atoms with Gasteiger partial charge in [0.2, 0.25) is 5.91 Å². The summed E-state index contributed by atoms with van der Waals surface area (Å²) in [4.78, 5) is 30.0. The lowest BCUT2D eigenvalue weighted by Crippen LogP contribution is -2.28. The molecule has 0 atom stereocenters. The van der Waals surface area contributed by atoms with Gasteiger partial charge < -0.3 is 5.32 Å². The molecule has 3 aromatic carbocycles. The van der Waals surface area contributed by atoms with Crippen molar-refractivity contribution in [1.82, 2.24) is 14.9 Å². The zero-order chi connectivity index (χ0) is 22.5. The van der Waals surface area contributed by atoms with Gasteiger partial charge in [-0.05, 0) is 60.5 Å². The van der Waals surface area contributed by atoms with Crippen molar-refractivity contribution in [3.63, 3.8) is 0 Å². The molecular weight excluding hydrogens is 432 g/mol. The van der Waals surface area contributed by atoms with E-state index in [0.717, 1.165) is 17.3 Å². The minimum atomic E-state index is -0.412. The minimum Gasteiger partial charge on any atom is -0.355 e. The number of fused-ring (bicyclic) bond motifs is 1. The summed E-state index contributed by atoms with van der Waals surface area (Å²) < 4.78 is 27.8. The zero-order valence-corrected chi connectivity index (χ0v) is 17.7. The molecule has 0 spiro atoms. The van der Waals surface area contributed by atoms with Crippen molar-refractivity contribution in [2.75, 3.05) is 12.3 Å². The Balaban J connectivity index is 1.50. The molecule has 4 rings (SSSR count). The van der Waals surface area contributed by atoms with Crippen molar-refractivity contribution in [2.24, 2.45) is 0 Å². The number of halogens is 2. The Morgan fingerprint density at radius 1 is 0.938 bits per heavy atom. The number of carbonyl (C=O) groups excluding carboxylic acids is 1. The summed E-state index contributed by atoms with van der Waals surface area (Å²) in [6, 6.07) is 18.6. The zero-order valence-electron chi connectivity index (χ0n) is 16.9. The van der Waals surface area contributed by atoms with Gasteiger partial charge in [-0.2, -0.15) is 0 Å². The van der Waals surface area contributed by atoms with E-state index in [1.807, 2.05) is 0 Å². The lowest BCUT2D eigenvalue weighted by Gasteiger charge is -2.13. The maximum atomic E-state index is 13.4. The molecule has 0 aliphatic carbocycles. The summed E-state index contributed by atoms with van der Waals surface area (Å²) in [5.74, 6) is -0.880. The molecule has 162 valence electrons. The quantitative estimate of drug-likeness (QED) is 0.339. The topological polar surface area (TPSA) is 64.0 Å². The Kier molecular flexibility index (Phi) is 6.61. The molecule has 1 aromatic heterocycles. The number of benzene rings is 3. The summed E-state index contributed by atoms with van der Waals surface area (Å²) in [5.41, 5.74) is 1.62. The third kappa shape index (κ3) is 5.03. The first-order chi connectivity index (χ1) is 15.5. The van der Waals surface area contributed by atoms with Crippen LogP contribution in [0.5, 0.6) is 0 Å². The average Bonchev–Trinajstić information content (AvgIpc) is 2.80. The second-order valence-electron chi connectivity index (χ2n) is 7.04. The minimum absolute atomic E-state index is 0.0510. The summed E-state index contributed by atoms with van der Waals surface area (Å²) in [6.45, 7) is 0.404. The average molecular weight is 451 g/mol. The van der Waals surface area contributed by atoms with Crippen molar-refractivity contribution >= 4 is 28.6 Å². The summed E-state index contributed by atoms with van der Waals surface area (Å²) in [6.07, 6.45) is 0.575. The van der Waals surface area contributed by atoms with Crippen molar-refractivity contribution in [3.05, 3.63) is 100 Å². The number of thioether (sulfide) groups is 1. The van der Waals surface area contributed by atoms with Crippen LogP contribution in [-0.2, 0) is 11.2 Å². The molecule has 0 saturated heterocycles. The van der Waals surface area contributed by atoms with Gasteiger partial charge in [0.1, 0.15) is 11.6 Å². The third-order valence-electron chi connectivity index (χ3n) is 4.81. The van der Waals surface area contributed by atoms with Crippen molar-refractivity contribution in [2.45, 2.75) is 11.6 Å². The Morgan fingerprint density at radius 3 is 2.31 bits per heavy atom. The lowest BCUT2D eigenvalue weighted by molar-refractivity contribution is -0.118. The number of nitrogens with one attached hydrogen (secondary N) is 1. The second kappa shape index (κ2) is 9.74. The molecular formula is C24H19F2N3O2S. The molecule has 0 radical (unpaired) electrons. The Morgan fingerprint density at radius 2 is 1.59 bits per heavy atom. The molecule has 0 saturated carbocycles. The molecule has 8 heteroatoms. The highest BCUT2D eigenvalue weighted by Gasteiger charge is 2.15. The van der Waals surface area contributed by atoms with Crippen LogP contribution in [-0.4, -0.2) is 27.8 Å². The first-order valence-corrected chi connectivity index (χ1v) is 10.9. The molecule has 0 fully saturated rings. The monoisotopic (exact) mass is 451 g/mol. The van der Waals surface area contributed by atoms with Gasteiger partial charge in [-0.3, -0.25) is 14.2 Å². The number of hydrogen-bond donors (Lipinski definition) is 1. The Labute approximate surface area is 187 Å². The van der Waals surface area contributed by atoms with Gasteiger partial charge in [0.05, 0.1) is 22.3 Å². The van der Waals surface area contributed by atoms with Crippen LogP contribution in [0.4, 0.5) is 8.78 Å². The van der Waals surface area contributed by atoms with Crippen LogP contribution in [0.25, 0.3) is 16.6 Å². The van der Waals surface area contributed by atoms with Gasteiger partial charge in [-0.25, -0.2) is 13.8 Å². The van der Waals surface area contributed by atoms with Crippen molar-refractivity contribution < 1.29 is 13.6 Å². The molecule has 32 heavy (non-hydrogen) atoms. The molecule has 1 heterocycles. The fourth-order valence-electron chi connectivity index (χ4n) is 3.21. The van der Waals surface area contributed by atoms with Crippen molar-refractivity contribution in [1.29, 1.82) is 0 Å². The van der Waals surface area contributed by atoms with Crippen LogP contribution in [0.2, 0.25) is 0 Å². The van der Waals surface area contributed by atoms with Crippen LogP contribution in [0.15, 0.2) is 82.7 Å². The van der Waals surface area contributed by atoms with Gasteiger partial charge in [-0.15, -0.1) is 0 Å². The fourth-order valence-corrected chi connectivity index (χ4v) is 4.05. The maximum Gasteiger partial charge on any atom is 0.266 e. The third-order valence-corrected chi connectivity index (χ3v) is 5.75. The van der Waals surface area contributed by atoms with E-state index in [1.165, 1.54) is 41.0 Å². The maximum absolute atomic E-state index is 13.4. The molecule has 0 aliphatic rings. The van der Waals surface area contributed by atoms with E-state index in [9.17, 15) is 18.4 Å². The molecule has 4 aromatic rings. The van der Waals surface area contributed by atoms with E-state index in [2.05, 4.69) is 10.3 Å². The predicted molar refractivity (Wildman–Crippen MR) is 121 cm³/mol. The van der Waals surface area contributed by atoms with Gasteiger partial charge >= 0.3 is 0 Å². The van der Waals surface area contributed by atoms with E-state index in [4.69, 9.17) is 0 Å². The lowest BCUT2D eigenvalue weighted by atomic mass is 10.1. The van der Waals surface area contributed by atoms with Gasteiger partial charge in [0.15, 0.2) is 5.16 Å². The summed E-state index contributed by atoms with van der Waals surface area (Å²) in [7, 11) is 0. The predicted octanol–water partition coefficient (Wildman–Crippen LogP) is 4.11. The van der Waals surface area contributed by atoms with Crippen LogP contribution >= 0.6 is 11.8 Å². The molecule has 5 nitrogen and oxygen atoms in total. The normalized spacial score (nSPS) is 10.9. The molecule has 1 amide bonds. The van der Waals surface area contributed by atoms with Crippen LogP contribution in [0.3, 0.4) is 0 Å². The number of carbonyl (C=O) groups is 1. The highest BCUT2D eigenvalue weighted by Crippen LogP contribution is 2.21. The fraction of sp³-hybridized carbons (Fsp3) is 0.125. The van der Waals surface area contributed by atoms with E-state index in [-0.39, 0.29) is 23.0 Å². The number of amides is 1. The summed E-state index contributed by atoms with van der Waals surface area (Å²) in [5, 5.41) is 3.59. The number of aromatic nitrogens is 2. The van der Waals surface area contributed by atoms with E-state index in [1.54, 1.807) is 36.4 Å². The Bertz CT molecular complexity index is 1310. The number of para-hydroxylation sites is 1. The van der Waals surface area contributed by atoms with Crippen LogP contribution in [0, 0.1) is 11.6 Å². The molecule has 0 bridgehead atoms. The largest absolute Gasteiger partial charge is 0.355 e. The number of hydrogen-bond acceptors (Lipinski definition) is 4. The molecule has 0 aliphatic heterocycles. The van der Waals surface area contributed by atoms with Crippen molar-refractivity contribution in [3.8, 4) is 5.69 Å². The SMILES string of the molecule is O=C(CSc1nc2ccccc2c(=O)n1-c1ccc(F)cc1)NCCc1ccc(F)cc1. The standard InChI is InChI=1S/C24H19F2N3O2S/c25-17-7-5-16(6-8-17)13-14-27-22(30)15-32-24-28-21-4-2-1-3-20(21)23(31)29(24)19-11-9-18(26)10-12-19/h1-12H,13-15H2,(H,27,30). The second-order valence-corrected chi connectivity index (χ2v) is 7.99. The highest BCUT2D eigenvalue weighted by molar-refractivity contribution is 7.99. The van der Waals surface area contributed by atoms with Gasteiger partial charge in [-0.1, -0.05) is 36.0 Å². The molecule has 0 unspecified atom stereocenters. The van der Waals surface area contributed by atoms with Gasteiger partial charge in [0, 0.05) is 6.54 Å². The first kappa shape index (κ1) is 21.7. The smallest absolute Gasteiger partial charge is 0.266 e. The van der Waals surface area contributed by atoms with E-state index >= 15 is 0 Å². The van der Waals surface area contributed by atoms with Crippen LogP contribution in [0.1, 0.15) is 5.56 Å². The number of nitrogens with zero attached hydrogens (tertiary/aromatic N) is 2.